The maximum Gasteiger partial charge on any atom is 0.447 e. The van der Waals surface area contributed by atoms with Crippen LogP contribution in [0.1, 0.15) is 5.56 Å². The van der Waals surface area contributed by atoms with Gasteiger partial charge in [0.05, 0.1) is 17.5 Å². The fourth-order valence-corrected chi connectivity index (χ4v) is 1.75. The minimum atomic E-state index is -4.52. The number of hydrazine groups is 1. The number of anilines is 1. The van der Waals surface area contributed by atoms with Gasteiger partial charge in [-0.25, -0.2) is 14.4 Å². The van der Waals surface area contributed by atoms with Gasteiger partial charge in [0.25, 0.3) is 5.95 Å². The van der Waals surface area contributed by atoms with Gasteiger partial charge in [-0.1, -0.05) is 11.7 Å². The first-order valence-electron chi connectivity index (χ1n) is 5.60. The predicted octanol–water partition coefficient (Wildman–Crippen LogP) is 1.57. The lowest BCUT2D eigenvalue weighted by atomic mass is 10.2. The van der Waals surface area contributed by atoms with Crippen LogP contribution in [0, 0.1) is 0 Å². The summed E-state index contributed by atoms with van der Waals surface area (Å²) in [4.78, 5) is 16.4. The molecule has 1 aromatic carbocycles. The second kappa shape index (κ2) is 4.66. The highest BCUT2D eigenvalue weighted by Gasteiger charge is 2.31. The fourth-order valence-electron chi connectivity index (χ4n) is 1.75. The van der Waals surface area contributed by atoms with Crippen molar-refractivity contribution in [2.45, 2.75) is 6.18 Å². The second-order valence-corrected chi connectivity index (χ2v) is 4.00. The third kappa shape index (κ3) is 2.36. The molecule has 7 nitrogen and oxygen atoms in total. The smallest absolute Gasteiger partial charge is 0.395 e. The third-order valence-corrected chi connectivity index (χ3v) is 2.66. The van der Waals surface area contributed by atoms with Gasteiger partial charge in [0.2, 0.25) is 0 Å². The van der Waals surface area contributed by atoms with Crippen molar-refractivity contribution in [1.82, 2.24) is 15.3 Å². The van der Waals surface area contributed by atoms with E-state index in [0.717, 1.165) is 16.7 Å². The molecule has 0 saturated carbocycles. The van der Waals surface area contributed by atoms with E-state index >= 15 is 0 Å². The Morgan fingerprint density at radius 3 is 2.76 bits per heavy atom. The molecule has 0 bridgehead atoms. The Morgan fingerprint density at radius 2 is 2.10 bits per heavy atom. The fraction of sp³-hybridized carbons (Fsp3) is 0.0909. The van der Waals surface area contributed by atoms with Crippen LogP contribution in [0.5, 0.6) is 0 Å². The number of alkyl halides is 3. The van der Waals surface area contributed by atoms with Crippen molar-refractivity contribution in [3.63, 3.8) is 0 Å². The zero-order chi connectivity index (χ0) is 15.0. The van der Waals surface area contributed by atoms with Crippen LogP contribution < -0.4 is 16.4 Å². The van der Waals surface area contributed by atoms with Crippen LogP contribution in [0.4, 0.5) is 19.1 Å². The lowest BCUT2D eigenvalue weighted by Gasteiger charge is -2.13. The molecule has 0 fully saturated rings. The molecule has 21 heavy (non-hydrogen) atoms. The van der Waals surface area contributed by atoms with E-state index in [1.54, 1.807) is 0 Å². The molecule has 0 amide bonds. The number of nitrogens with one attached hydrogen (secondary N) is 1. The summed E-state index contributed by atoms with van der Waals surface area (Å²) in [5, 5.41) is 4.66. The molecule has 0 radical (unpaired) electrons. The van der Waals surface area contributed by atoms with Gasteiger partial charge in [-0.3, -0.25) is 4.52 Å². The summed E-state index contributed by atoms with van der Waals surface area (Å²) in [6.07, 6.45) is -1.89. The quantitative estimate of drug-likeness (QED) is 0.907. The minimum Gasteiger partial charge on any atom is -0.395 e. The van der Waals surface area contributed by atoms with Gasteiger partial charge in [0.1, 0.15) is 6.26 Å². The van der Waals surface area contributed by atoms with E-state index in [4.69, 9.17) is 4.84 Å². The molecule has 10 heteroatoms. The largest absolute Gasteiger partial charge is 0.447 e. The number of hydrogen-bond donors (Lipinski definition) is 1. The highest BCUT2D eigenvalue weighted by atomic mass is 19.4. The van der Waals surface area contributed by atoms with Crippen molar-refractivity contribution in [3.05, 3.63) is 52.8 Å². The van der Waals surface area contributed by atoms with Crippen LogP contribution in [0.3, 0.4) is 0 Å². The van der Waals surface area contributed by atoms with E-state index in [1.807, 2.05) is 0 Å². The van der Waals surface area contributed by atoms with Gasteiger partial charge in [0, 0.05) is 0 Å². The molecular weight excluding hydrogens is 293 g/mol. The van der Waals surface area contributed by atoms with Crippen LogP contribution in [-0.2, 0) is 11.0 Å². The first-order chi connectivity index (χ1) is 9.97. The minimum absolute atomic E-state index is 0.0341. The summed E-state index contributed by atoms with van der Waals surface area (Å²) in [7, 11) is 0. The van der Waals surface area contributed by atoms with E-state index in [1.165, 1.54) is 29.6 Å². The topological polar surface area (TPSA) is 72.5 Å². The average molecular weight is 300 g/mol. The first-order valence-corrected chi connectivity index (χ1v) is 5.60. The monoisotopic (exact) mass is 300 g/mol. The number of hydrogen-bond acceptors (Lipinski definition) is 6. The van der Waals surface area contributed by atoms with E-state index in [0.29, 0.717) is 0 Å². The molecule has 1 aliphatic rings. The van der Waals surface area contributed by atoms with E-state index in [9.17, 15) is 18.0 Å². The highest BCUT2D eigenvalue weighted by molar-refractivity contribution is 5.45. The number of rotatable bonds is 2. The van der Waals surface area contributed by atoms with Gasteiger partial charge in [-0.05, 0) is 23.4 Å². The van der Waals surface area contributed by atoms with Crippen molar-refractivity contribution in [2.24, 2.45) is 0 Å². The SMILES string of the molecule is O=c1onc(N2C=CON2)n1-c1cccc(C(F)(F)F)c1. The Labute approximate surface area is 114 Å². The van der Waals surface area contributed by atoms with Gasteiger partial charge >= 0.3 is 11.9 Å². The summed E-state index contributed by atoms with van der Waals surface area (Å²) in [6.45, 7) is 0. The van der Waals surface area contributed by atoms with Gasteiger partial charge in [0.15, 0.2) is 0 Å². The summed E-state index contributed by atoms with van der Waals surface area (Å²) in [6, 6.07) is 4.24. The van der Waals surface area contributed by atoms with Crippen molar-refractivity contribution in [1.29, 1.82) is 0 Å². The van der Waals surface area contributed by atoms with Gasteiger partial charge in [-0.15, -0.1) is 0 Å². The summed E-state index contributed by atoms with van der Waals surface area (Å²) in [5.74, 6) is -1.00. The normalized spacial score (nSPS) is 14.5. The number of halogens is 3. The molecule has 2 heterocycles. The number of nitrogens with zero attached hydrogens (tertiary/aromatic N) is 3. The van der Waals surface area contributed by atoms with Crippen LogP contribution in [0.25, 0.3) is 5.69 Å². The maximum absolute atomic E-state index is 12.7. The van der Waals surface area contributed by atoms with Gasteiger partial charge in [-0.2, -0.15) is 13.2 Å². The van der Waals surface area contributed by atoms with Gasteiger partial charge < -0.3 is 4.84 Å². The zero-order valence-corrected chi connectivity index (χ0v) is 10.2. The molecule has 0 saturated heterocycles. The van der Waals surface area contributed by atoms with E-state index < -0.39 is 17.5 Å². The summed E-state index contributed by atoms with van der Waals surface area (Å²) in [5.41, 5.74) is 1.44. The zero-order valence-electron chi connectivity index (χ0n) is 10.2. The third-order valence-electron chi connectivity index (χ3n) is 2.66. The van der Waals surface area contributed by atoms with Crippen LogP contribution in [-0.4, -0.2) is 9.72 Å². The Morgan fingerprint density at radius 1 is 1.29 bits per heavy atom. The maximum atomic E-state index is 12.7. The second-order valence-electron chi connectivity index (χ2n) is 4.00. The molecule has 0 atom stereocenters. The molecule has 0 unspecified atom stereocenters. The average Bonchev–Trinajstić information content (AvgIpc) is 3.06. The molecule has 1 aliphatic heterocycles. The molecular formula is C11H7F3N4O3. The molecule has 0 aliphatic carbocycles. The standard InChI is InChI=1S/C11H7F3N4O3/c12-11(13,14)7-2-1-3-8(6-7)18-9(15-21-10(18)19)17-4-5-20-16-17/h1-6,16H. The molecule has 1 aromatic heterocycles. The molecule has 1 N–H and O–H groups in total. The molecule has 110 valence electrons. The van der Waals surface area contributed by atoms with E-state index in [2.05, 4.69) is 15.3 Å². The predicted molar refractivity (Wildman–Crippen MR) is 62.9 cm³/mol. The first kappa shape index (κ1) is 13.2. The Bertz CT molecular complexity index is 750. The number of benzene rings is 1. The van der Waals surface area contributed by atoms with Crippen molar-refractivity contribution < 1.29 is 22.5 Å². The van der Waals surface area contributed by atoms with E-state index in [-0.39, 0.29) is 11.6 Å². The molecule has 2 aromatic rings. The summed E-state index contributed by atoms with van der Waals surface area (Å²) >= 11 is 0. The van der Waals surface area contributed by atoms with Crippen molar-refractivity contribution in [3.8, 4) is 5.69 Å². The van der Waals surface area contributed by atoms with Crippen molar-refractivity contribution >= 4 is 5.95 Å². The van der Waals surface area contributed by atoms with Crippen molar-refractivity contribution in [2.75, 3.05) is 5.01 Å². The number of aromatic nitrogens is 2. The van der Waals surface area contributed by atoms with Crippen LogP contribution >= 0.6 is 0 Å². The Balaban J connectivity index is 2.11. The Hall–Kier alpha value is -2.75. The van der Waals surface area contributed by atoms with Crippen LogP contribution in [0.2, 0.25) is 0 Å². The molecule has 0 spiro atoms. The van der Waals surface area contributed by atoms with Crippen LogP contribution in [0.15, 0.2) is 46.0 Å². The Kier molecular flexibility index (Phi) is 2.94. The lowest BCUT2D eigenvalue weighted by Crippen LogP contribution is -2.31. The lowest BCUT2D eigenvalue weighted by molar-refractivity contribution is -0.137. The molecule has 3 rings (SSSR count). The summed E-state index contributed by atoms with van der Waals surface area (Å²) < 4.78 is 43.6. The highest BCUT2D eigenvalue weighted by Crippen LogP contribution is 2.30.